The molecule has 5 N–H and O–H groups in total. The summed E-state index contributed by atoms with van der Waals surface area (Å²) in [7, 11) is 1.64. The van der Waals surface area contributed by atoms with Crippen LogP contribution >= 0.6 is 0 Å². The highest BCUT2D eigenvalue weighted by Gasteiger charge is 2.41. The fourth-order valence-electron chi connectivity index (χ4n) is 4.69. The standard InChI is InChI=1S/C23H24FN3O.C6H8O7/c1-28-19-10-8-18(9-11-19)22-25-14-17(15-26-22)16-27-23(12-4-5-13-23)20-6-2-3-7-21(20)24;7-3(8)1-6(13,5(11)12)2-4(9)10/h2-3,6-11,14-15,27H,4-5,12-13,16H2,1H3;13H,1-2H2,(H,7,8)(H,9,10)(H,11,12). The van der Waals surface area contributed by atoms with E-state index in [1.54, 1.807) is 19.2 Å². The smallest absolute Gasteiger partial charge is 0.336 e. The predicted octanol–water partition coefficient (Wildman–Crippen LogP) is 3.60. The van der Waals surface area contributed by atoms with Crippen LogP contribution in [0.1, 0.15) is 49.7 Å². The van der Waals surface area contributed by atoms with Crippen molar-refractivity contribution in [2.75, 3.05) is 7.11 Å². The number of rotatable bonds is 11. The van der Waals surface area contributed by atoms with Crippen molar-refractivity contribution in [2.24, 2.45) is 0 Å². The molecule has 12 heteroatoms. The van der Waals surface area contributed by atoms with Gasteiger partial charge in [-0.3, -0.25) is 9.59 Å². The normalized spacial score (nSPS) is 14.0. The third kappa shape index (κ3) is 8.29. The van der Waals surface area contributed by atoms with Crippen LogP contribution in [0.5, 0.6) is 5.75 Å². The van der Waals surface area contributed by atoms with Gasteiger partial charge in [0.1, 0.15) is 11.6 Å². The van der Waals surface area contributed by atoms with Crippen molar-refractivity contribution in [3.63, 3.8) is 0 Å². The molecule has 1 fully saturated rings. The van der Waals surface area contributed by atoms with Crippen LogP contribution in [0.4, 0.5) is 4.39 Å². The molecule has 3 aromatic rings. The first-order valence-corrected chi connectivity index (χ1v) is 12.8. The van der Waals surface area contributed by atoms with Crippen molar-refractivity contribution in [1.82, 2.24) is 15.3 Å². The number of aliphatic carboxylic acids is 3. The predicted molar refractivity (Wildman–Crippen MR) is 144 cm³/mol. The Bertz CT molecular complexity index is 1330. The second-order valence-corrected chi connectivity index (χ2v) is 9.74. The van der Waals surface area contributed by atoms with Crippen LogP contribution < -0.4 is 10.1 Å². The fourth-order valence-corrected chi connectivity index (χ4v) is 4.69. The number of ether oxygens (including phenoxy) is 1. The largest absolute Gasteiger partial charge is 0.497 e. The second-order valence-electron chi connectivity index (χ2n) is 9.74. The van der Waals surface area contributed by atoms with Gasteiger partial charge in [-0.25, -0.2) is 19.2 Å². The van der Waals surface area contributed by atoms with Gasteiger partial charge in [0.2, 0.25) is 0 Å². The summed E-state index contributed by atoms with van der Waals surface area (Å²) >= 11 is 0. The molecular weight excluding hydrogens is 537 g/mol. The summed E-state index contributed by atoms with van der Waals surface area (Å²) in [6.45, 7) is 0.608. The van der Waals surface area contributed by atoms with Crippen molar-refractivity contribution in [3.05, 3.63) is 77.9 Å². The van der Waals surface area contributed by atoms with E-state index in [-0.39, 0.29) is 11.4 Å². The topological polar surface area (TPSA) is 179 Å². The molecule has 1 aliphatic rings. The lowest BCUT2D eigenvalue weighted by molar-refractivity contribution is -0.170. The zero-order chi connectivity index (χ0) is 30.0. The van der Waals surface area contributed by atoms with Crippen molar-refractivity contribution in [1.29, 1.82) is 0 Å². The molecule has 2 aromatic carbocycles. The Morgan fingerprint density at radius 2 is 1.51 bits per heavy atom. The van der Waals surface area contributed by atoms with E-state index in [1.165, 1.54) is 0 Å². The number of aliphatic hydroxyl groups is 1. The molecule has 0 radical (unpaired) electrons. The molecule has 1 aliphatic carbocycles. The maximum Gasteiger partial charge on any atom is 0.336 e. The highest BCUT2D eigenvalue weighted by Crippen LogP contribution is 2.40. The van der Waals surface area contributed by atoms with Gasteiger partial charge in [-0.05, 0) is 43.2 Å². The third-order valence-electron chi connectivity index (χ3n) is 6.82. The van der Waals surface area contributed by atoms with Gasteiger partial charge < -0.3 is 30.5 Å². The van der Waals surface area contributed by atoms with E-state index in [1.807, 2.05) is 48.8 Å². The summed E-state index contributed by atoms with van der Waals surface area (Å²) in [6, 6.07) is 14.8. The van der Waals surface area contributed by atoms with Crippen LogP contribution in [-0.4, -0.2) is 61.0 Å². The van der Waals surface area contributed by atoms with Gasteiger partial charge in [0.05, 0.1) is 20.0 Å². The third-order valence-corrected chi connectivity index (χ3v) is 6.82. The molecular formula is C29H32FN3O8. The lowest BCUT2D eigenvalue weighted by Gasteiger charge is -2.31. The molecule has 4 rings (SSSR count). The van der Waals surface area contributed by atoms with Crippen LogP contribution in [0.2, 0.25) is 0 Å². The summed E-state index contributed by atoms with van der Waals surface area (Å²) in [4.78, 5) is 39.5. The Hall–Kier alpha value is -4.42. The summed E-state index contributed by atoms with van der Waals surface area (Å²) < 4.78 is 19.6. The van der Waals surface area contributed by atoms with E-state index in [0.717, 1.165) is 48.1 Å². The van der Waals surface area contributed by atoms with Crippen LogP contribution in [0.25, 0.3) is 11.4 Å². The fraction of sp³-hybridized carbons (Fsp3) is 0.345. The first-order valence-electron chi connectivity index (χ1n) is 12.8. The molecule has 0 atom stereocenters. The summed E-state index contributed by atoms with van der Waals surface area (Å²) in [6.07, 6.45) is 5.48. The molecule has 0 aliphatic heterocycles. The minimum absolute atomic E-state index is 0.136. The monoisotopic (exact) mass is 569 g/mol. The lowest BCUT2D eigenvalue weighted by atomic mass is 9.87. The minimum Gasteiger partial charge on any atom is -0.497 e. The van der Waals surface area contributed by atoms with Crippen LogP contribution in [0, 0.1) is 5.82 Å². The van der Waals surface area contributed by atoms with Gasteiger partial charge >= 0.3 is 17.9 Å². The van der Waals surface area contributed by atoms with E-state index in [4.69, 9.17) is 25.2 Å². The average Bonchev–Trinajstić information content (AvgIpc) is 3.42. The molecule has 218 valence electrons. The number of hydrogen-bond donors (Lipinski definition) is 5. The average molecular weight is 570 g/mol. The molecule has 0 bridgehead atoms. The first-order chi connectivity index (χ1) is 19.5. The van der Waals surface area contributed by atoms with Crippen molar-refractivity contribution in [2.45, 2.75) is 56.2 Å². The van der Waals surface area contributed by atoms with Gasteiger partial charge in [-0.2, -0.15) is 0 Å². The van der Waals surface area contributed by atoms with Crippen molar-refractivity contribution >= 4 is 17.9 Å². The zero-order valence-electron chi connectivity index (χ0n) is 22.4. The van der Waals surface area contributed by atoms with Gasteiger partial charge in [0.15, 0.2) is 11.4 Å². The van der Waals surface area contributed by atoms with Gasteiger partial charge in [0, 0.05) is 41.2 Å². The summed E-state index contributed by atoms with van der Waals surface area (Å²) in [5.74, 6) is -3.67. The van der Waals surface area contributed by atoms with Crippen molar-refractivity contribution in [3.8, 4) is 17.1 Å². The van der Waals surface area contributed by atoms with E-state index in [2.05, 4.69) is 15.3 Å². The highest BCUT2D eigenvalue weighted by atomic mass is 19.1. The second kappa shape index (κ2) is 13.8. The first kappa shape index (κ1) is 31.1. The maximum atomic E-state index is 14.4. The molecule has 41 heavy (non-hydrogen) atoms. The number of hydrogen-bond acceptors (Lipinski definition) is 8. The summed E-state index contributed by atoms with van der Waals surface area (Å²) in [5, 5.41) is 37.4. The molecule has 0 spiro atoms. The molecule has 0 unspecified atom stereocenters. The minimum atomic E-state index is -2.74. The molecule has 0 amide bonds. The number of methoxy groups -OCH3 is 1. The molecule has 0 saturated heterocycles. The molecule has 1 heterocycles. The molecule has 11 nitrogen and oxygen atoms in total. The quantitative estimate of drug-likeness (QED) is 0.228. The number of halogens is 1. The van der Waals surface area contributed by atoms with Crippen molar-refractivity contribution < 1.29 is 43.9 Å². The number of carboxylic acids is 3. The number of nitrogens with zero attached hydrogens (tertiary/aromatic N) is 2. The van der Waals surface area contributed by atoms with Crippen LogP contribution in [-0.2, 0) is 26.5 Å². The highest BCUT2D eigenvalue weighted by molar-refractivity contribution is 5.88. The zero-order valence-corrected chi connectivity index (χ0v) is 22.4. The Labute approximate surface area is 235 Å². The Kier molecular flexibility index (Phi) is 10.5. The number of aromatic nitrogens is 2. The number of carboxylic acid groups (broad SMARTS) is 3. The Morgan fingerprint density at radius 1 is 0.951 bits per heavy atom. The number of nitrogens with one attached hydrogen (secondary N) is 1. The van der Waals surface area contributed by atoms with Gasteiger partial charge in [-0.1, -0.05) is 31.0 Å². The Morgan fingerprint density at radius 3 is 2.00 bits per heavy atom. The van der Waals surface area contributed by atoms with Gasteiger partial charge in [0.25, 0.3) is 0 Å². The van der Waals surface area contributed by atoms with Crippen LogP contribution in [0.15, 0.2) is 60.9 Å². The Balaban J connectivity index is 0.000000302. The SMILES string of the molecule is COc1ccc(-c2ncc(CNC3(c4ccccc4F)CCCC3)cn2)cc1.O=C(O)CC(O)(CC(=O)O)C(=O)O. The molecule has 1 saturated carbocycles. The van der Waals surface area contributed by atoms with E-state index in [9.17, 15) is 18.8 Å². The lowest BCUT2D eigenvalue weighted by Crippen LogP contribution is -2.42. The maximum absolute atomic E-state index is 14.4. The van der Waals surface area contributed by atoms with Gasteiger partial charge in [-0.15, -0.1) is 0 Å². The van der Waals surface area contributed by atoms with E-state index < -0.39 is 36.4 Å². The number of benzene rings is 2. The molecule has 1 aromatic heterocycles. The van der Waals surface area contributed by atoms with Crippen LogP contribution in [0.3, 0.4) is 0 Å². The van der Waals surface area contributed by atoms with E-state index >= 15 is 0 Å². The number of carbonyl (C=O) groups is 3. The summed E-state index contributed by atoms with van der Waals surface area (Å²) in [5.41, 5.74) is -0.348. The van der Waals surface area contributed by atoms with E-state index in [0.29, 0.717) is 12.4 Å².